The number of halogens is 2. The molecule has 4 aromatic carbocycles. The van der Waals surface area contributed by atoms with Gasteiger partial charge in [0.1, 0.15) is 29.4 Å². The fourth-order valence-electron chi connectivity index (χ4n) is 13.4. The highest BCUT2D eigenvalue weighted by Gasteiger charge is 2.42. The lowest BCUT2D eigenvalue weighted by Crippen LogP contribution is -2.52. The minimum atomic E-state index is -1.23. The maximum Gasteiger partial charge on any atom is 0.407 e. The molecule has 6 heterocycles. The first-order valence-corrected chi connectivity index (χ1v) is 28.3. The molecule has 10 rings (SSSR count). The van der Waals surface area contributed by atoms with Crippen molar-refractivity contribution in [3.8, 4) is 0 Å². The number of hydrogen-bond acceptors (Lipinski definition) is 9. The van der Waals surface area contributed by atoms with Crippen LogP contribution in [0.2, 0.25) is 0 Å². The molecule has 6 atom stereocenters. The Hall–Kier alpha value is -7.24. The van der Waals surface area contributed by atoms with E-state index in [2.05, 4.69) is 49.8 Å². The monoisotopic (exact) mass is 1070 g/mol. The van der Waals surface area contributed by atoms with Gasteiger partial charge in [-0.25, -0.2) is 28.3 Å². The van der Waals surface area contributed by atoms with Gasteiger partial charge in [-0.05, 0) is 122 Å². The first-order valence-electron chi connectivity index (χ1n) is 28.3. The zero-order valence-corrected chi connectivity index (χ0v) is 45.4. The summed E-state index contributed by atoms with van der Waals surface area (Å²) in [5.74, 6) is -0.267. The van der Waals surface area contributed by atoms with Crippen molar-refractivity contribution in [3.63, 3.8) is 0 Å². The third kappa shape index (κ3) is 10.7. The van der Waals surface area contributed by atoms with E-state index >= 15 is 8.78 Å². The smallest absolute Gasteiger partial charge is 0.407 e. The van der Waals surface area contributed by atoms with Crippen LogP contribution >= 0.6 is 0 Å². The number of nitrogens with zero attached hydrogens (tertiary/aromatic N) is 6. The summed E-state index contributed by atoms with van der Waals surface area (Å²) in [7, 11) is 1.29. The number of nitrogens with one attached hydrogen (secondary N) is 4. The van der Waals surface area contributed by atoms with E-state index in [0.29, 0.717) is 106 Å². The normalized spacial score (nSPS) is 20.8. The molecule has 4 amide bonds. The van der Waals surface area contributed by atoms with E-state index in [1.165, 1.54) is 24.8 Å². The Labute approximate surface area is 454 Å². The van der Waals surface area contributed by atoms with Gasteiger partial charge in [0.2, 0.25) is 11.8 Å². The van der Waals surface area contributed by atoms with Crippen LogP contribution in [0.4, 0.5) is 29.7 Å². The molecule has 4 fully saturated rings. The molecule has 6 aromatic rings. The van der Waals surface area contributed by atoms with Crippen LogP contribution in [0.25, 0.3) is 22.1 Å². The van der Waals surface area contributed by atoms with Gasteiger partial charge in [0.25, 0.3) is 0 Å². The predicted molar refractivity (Wildman–Crippen MR) is 296 cm³/mol. The number of rotatable bonds is 17. The molecule has 4 aliphatic heterocycles. The van der Waals surface area contributed by atoms with Crippen molar-refractivity contribution in [3.05, 3.63) is 119 Å². The first kappa shape index (κ1) is 54.1. The van der Waals surface area contributed by atoms with Crippen LogP contribution in [-0.2, 0) is 14.3 Å². The van der Waals surface area contributed by atoms with Gasteiger partial charge in [-0.1, -0.05) is 95.8 Å². The highest BCUT2D eigenvalue weighted by Crippen LogP contribution is 2.49. The van der Waals surface area contributed by atoms with Crippen LogP contribution in [0.5, 0.6) is 0 Å². The zero-order valence-electron chi connectivity index (χ0n) is 45.4. The van der Waals surface area contributed by atoms with E-state index in [1.54, 1.807) is 4.90 Å². The van der Waals surface area contributed by atoms with Gasteiger partial charge >= 0.3 is 12.2 Å². The predicted octanol–water partition coefficient (Wildman–Crippen LogP) is 11.7. The molecule has 4 aliphatic rings. The Kier molecular flexibility index (Phi) is 16.2. The summed E-state index contributed by atoms with van der Waals surface area (Å²) >= 11 is 0. The van der Waals surface area contributed by atoms with Gasteiger partial charge in [-0.2, -0.15) is 0 Å². The molecule has 0 aliphatic carbocycles. The Morgan fingerprint density at radius 2 is 1.12 bits per heavy atom. The number of imidazole rings is 2. The molecular formula is C60H74F2N10O6. The van der Waals surface area contributed by atoms with Gasteiger partial charge in [0.05, 0.1) is 53.3 Å². The van der Waals surface area contributed by atoms with Gasteiger partial charge < -0.3 is 50.0 Å². The molecule has 414 valence electrons. The number of aromatic amines is 2. The van der Waals surface area contributed by atoms with Crippen molar-refractivity contribution in [2.75, 3.05) is 43.1 Å². The SMILES string of the molecule is CCC(CC)C(NC(=O)O)C(=O)N1CCC[C@H]1c1nc2ccc([C@H]3CC[C@H](c4ccc5nc([C@@H]6CCCN6C(=O)C(NC(=O)OC)C(CC)CC)[nH]c5c4)N3c3cc(F)c(N4CCC(c5ccccc5)CC4)c(F)c3)cc2[nH]1. The second-order valence-electron chi connectivity index (χ2n) is 21.8. The Balaban J connectivity index is 0.967. The van der Waals surface area contributed by atoms with Crippen molar-refractivity contribution in [2.45, 2.75) is 147 Å². The average Bonchev–Trinajstić information content (AvgIpc) is 4.50. The number of likely N-dealkylation sites (tertiary alicyclic amines) is 2. The lowest BCUT2D eigenvalue weighted by Gasteiger charge is -2.36. The topological polar surface area (TPSA) is 192 Å². The Morgan fingerprint density at radius 1 is 0.628 bits per heavy atom. The number of H-pyrrole nitrogens is 2. The van der Waals surface area contributed by atoms with Gasteiger partial charge in [-0.3, -0.25) is 9.59 Å². The molecule has 5 N–H and O–H groups in total. The zero-order chi connectivity index (χ0) is 54.8. The molecule has 2 aromatic heterocycles. The Bertz CT molecular complexity index is 3090. The molecule has 0 bridgehead atoms. The third-order valence-corrected chi connectivity index (χ3v) is 17.6. The first-order chi connectivity index (χ1) is 37.8. The van der Waals surface area contributed by atoms with Gasteiger partial charge in [-0.15, -0.1) is 0 Å². The number of carbonyl (C=O) groups excluding carboxylic acids is 3. The van der Waals surface area contributed by atoms with Crippen molar-refractivity contribution >= 4 is 57.4 Å². The second kappa shape index (κ2) is 23.4. The largest absolute Gasteiger partial charge is 0.465 e. The van der Waals surface area contributed by atoms with E-state index in [-0.39, 0.29) is 53.5 Å². The summed E-state index contributed by atoms with van der Waals surface area (Å²) in [6.07, 6.45) is 6.62. The second-order valence-corrected chi connectivity index (χ2v) is 21.8. The van der Waals surface area contributed by atoms with Gasteiger partial charge in [0, 0.05) is 31.9 Å². The van der Waals surface area contributed by atoms with Crippen LogP contribution in [0.3, 0.4) is 0 Å². The number of carbonyl (C=O) groups is 4. The van der Waals surface area contributed by atoms with Crippen molar-refractivity contribution in [1.29, 1.82) is 0 Å². The van der Waals surface area contributed by atoms with E-state index in [0.717, 1.165) is 53.4 Å². The molecule has 16 nitrogen and oxygen atoms in total. The number of piperidine rings is 1. The van der Waals surface area contributed by atoms with Crippen LogP contribution in [0, 0.1) is 23.5 Å². The summed E-state index contributed by atoms with van der Waals surface area (Å²) in [5, 5.41) is 15.0. The third-order valence-electron chi connectivity index (χ3n) is 17.6. The van der Waals surface area contributed by atoms with Crippen LogP contribution in [-0.4, -0.2) is 104 Å². The number of hydrogen-bond donors (Lipinski definition) is 5. The Morgan fingerprint density at radius 3 is 1.58 bits per heavy atom. The van der Waals surface area contributed by atoms with Crippen LogP contribution in [0.1, 0.15) is 163 Å². The number of fused-ring (bicyclic) bond motifs is 2. The van der Waals surface area contributed by atoms with Crippen molar-refractivity contribution in [2.24, 2.45) is 11.8 Å². The van der Waals surface area contributed by atoms with E-state index in [4.69, 9.17) is 14.7 Å². The lowest BCUT2D eigenvalue weighted by atomic mass is 9.89. The molecular weight excluding hydrogens is 995 g/mol. The highest BCUT2D eigenvalue weighted by molar-refractivity contribution is 5.88. The minimum absolute atomic E-state index is 0.00784. The number of ether oxygens (including phenoxy) is 1. The lowest BCUT2D eigenvalue weighted by molar-refractivity contribution is -0.136. The molecule has 78 heavy (non-hydrogen) atoms. The maximum absolute atomic E-state index is 16.9. The average molecular weight is 1070 g/mol. The van der Waals surface area contributed by atoms with Crippen LogP contribution in [0.15, 0.2) is 78.9 Å². The standard InChI is InChI=1S/C60H74F2N10O6/c1-6-35(7-2)52(67-59(75)76)57(73)70-27-13-17-50(70)55-63-44-21-19-39(31-46(44)65-55)48-23-24-49(72(48)41-33-42(61)54(43(62)34-41)69-29-25-38(26-30-69)37-15-11-10-12-16-37)40-20-22-45-47(32-40)66-56(64-45)51-18-14-28-71(51)58(74)53(36(8-3)9-4)68-60(77)78-5/h10-12,15-16,19-22,31-36,38,48-53,67H,6-9,13-14,17-18,23-30H2,1-5H3,(H,63,65)(H,64,66)(H,68,77)(H,75,76)/t48-,49-,50+,51+,52?,53?/m1/s1. The molecule has 0 radical (unpaired) electrons. The number of amides is 4. The molecule has 18 heteroatoms. The van der Waals surface area contributed by atoms with Crippen molar-refractivity contribution in [1.82, 2.24) is 40.4 Å². The fourth-order valence-corrected chi connectivity index (χ4v) is 13.4. The quantitative estimate of drug-likeness (QED) is 0.0587. The van der Waals surface area contributed by atoms with Gasteiger partial charge in [0.15, 0.2) is 11.6 Å². The molecule has 0 saturated carbocycles. The summed E-state index contributed by atoms with van der Waals surface area (Å²) in [5.41, 5.74) is 6.49. The number of carboxylic acid groups (broad SMARTS) is 1. The molecule has 0 spiro atoms. The number of alkyl carbamates (subject to hydrolysis) is 1. The molecule has 2 unspecified atom stereocenters. The summed E-state index contributed by atoms with van der Waals surface area (Å²) in [6.45, 7) is 10.0. The van der Waals surface area contributed by atoms with Crippen LogP contribution < -0.4 is 20.4 Å². The number of benzene rings is 4. The fraction of sp³-hybridized carbons (Fsp3) is 0.500. The van der Waals surface area contributed by atoms with E-state index in [1.807, 2.05) is 80.0 Å². The summed E-state index contributed by atoms with van der Waals surface area (Å²) in [6, 6.07) is 22.4. The van der Waals surface area contributed by atoms with E-state index < -0.39 is 35.9 Å². The van der Waals surface area contributed by atoms with Crippen molar-refractivity contribution < 1.29 is 37.8 Å². The highest BCUT2D eigenvalue weighted by atomic mass is 19.1. The summed E-state index contributed by atoms with van der Waals surface area (Å²) < 4.78 is 38.7. The maximum atomic E-state index is 16.9. The molecule has 4 saturated heterocycles. The van der Waals surface area contributed by atoms with E-state index in [9.17, 15) is 24.3 Å². The number of aromatic nitrogens is 4. The minimum Gasteiger partial charge on any atom is -0.465 e. The number of anilines is 2. The summed E-state index contributed by atoms with van der Waals surface area (Å²) in [4.78, 5) is 77.5. The number of methoxy groups -OCH3 is 1.